The molecule has 2 aliphatic heterocycles. The summed E-state index contributed by atoms with van der Waals surface area (Å²) < 4.78 is 0. The number of hydrogen-bond acceptors (Lipinski definition) is 5. The molecule has 1 aromatic heterocycles. The largest absolute Gasteiger partial charge is 0.368 e. The molecule has 0 aromatic carbocycles. The zero-order valence-electron chi connectivity index (χ0n) is 14.2. The highest BCUT2D eigenvalue weighted by atomic mass is 16.2. The minimum Gasteiger partial charge on any atom is -0.368 e. The number of piperidine rings is 1. The molecule has 2 saturated heterocycles. The second kappa shape index (κ2) is 6.67. The minimum atomic E-state index is -0.345. The van der Waals surface area contributed by atoms with Gasteiger partial charge < -0.3 is 20.4 Å². The van der Waals surface area contributed by atoms with Crippen molar-refractivity contribution >= 4 is 23.5 Å². The first-order chi connectivity index (χ1) is 11.5. The molecule has 2 fully saturated rings. The Balaban J connectivity index is 1.82. The van der Waals surface area contributed by atoms with Gasteiger partial charge in [-0.3, -0.25) is 9.59 Å². The van der Waals surface area contributed by atoms with Gasteiger partial charge in [0.15, 0.2) is 0 Å². The number of likely N-dealkylation sites (N-methyl/N-ethyl adjacent to an activating group) is 1. The van der Waals surface area contributed by atoms with Gasteiger partial charge in [-0.15, -0.1) is 0 Å². The van der Waals surface area contributed by atoms with E-state index >= 15 is 0 Å². The highest BCUT2D eigenvalue weighted by molar-refractivity contribution is 5.84. The first-order valence-electron chi connectivity index (χ1n) is 8.39. The van der Waals surface area contributed by atoms with Crippen LogP contribution in [0.1, 0.15) is 19.8 Å². The highest BCUT2D eigenvalue weighted by Gasteiger charge is 2.32. The van der Waals surface area contributed by atoms with Crippen LogP contribution in [-0.4, -0.2) is 61.0 Å². The normalized spacial score (nSPS) is 25.1. The summed E-state index contributed by atoms with van der Waals surface area (Å²) in [6.07, 6.45) is 1.73. The maximum Gasteiger partial charge on any atom is 0.241 e. The number of primary amides is 1. The number of hydrogen-bond donors (Lipinski definition) is 1. The van der Waals surface area contributed by atoms with Gasteiger partial charge >= 0.3 is 0 Å². The van der Waals surface area contributed by atoms with Crippen LogP contribution >= 0.6 is 0 Å². The van der Waals surface area contributed by atoms with Crippen molar-refractivity contribution in [2.75, 3.05) is 43.0 Å². The van der Waals surface area contributed by atoms with Crippen LogP contribution in [0.15, 0.2) is 12.1 Å². The summed E-state index contributed by atoms with van der Waals surface area (Å²) in [6, 6.07) is 6.43. The van der Waals surface area contributed by atoms with E-state index in [0.717, 1.165) is 31.7 Å². The van der Waals surface area contributed by atoms with E-state index in [1.54, 1.807) is 11.0 Å². The highest BCUT2D eigenvalue weighted by Crippen LogP contribution is 2.28. The number of carbonyl (C=O) groups excluding carboxylic acids is 2. The van der Waals surface area contributed by atoms with E-state index in [-0.39, 0.29) is 17.9 Å². The fourth-order valence-corrected chi connectivity index (χ4v) is 3.31. The van der Waals surface area contributed by atoms with Crippen LogP contribution in [0.4, 0.5) is 11.6 Å². The van der Waals surface area contributed by atoms with E-state index in [4.69, 9.17) is 5.73 Å². The minimum absolute atomic E-state index is 0.0826. The van der Waals surface area contributed by atoms with Crippen LogP contribution in [-0.2, 0) is 9.59 Å². The zero-order chi connectivity index (χ0) is 17.3. The average molecular weight is 330 g/mol. The number of amides is 2. The molecule has 2 aliphatic rings. The van der Waals surface area contributed by atoms with Crippen molar-refractivity contribution in [3.8, 4) is 0 Å². The number of rotatable bonds is 3. The van der Waals surface area contributed by atoms with Crippen molar-refractivity contribution in [3.63, 3.8) is 0 Å². The molecule has 7 heteroatoms. The maximum absolute atomic E-state index is 11.9. The molecule has 1 aromatic rings. The molecule has 24 heavy (non-hydrogen) atoms. The lowest BCUT2D eigenvalue weighted by molar-refractivity contribution is -0.129. The molecule has 2 unspecified atom stereocenters. The van der Waals surface area contributed by atoms with Gasteiger partial charge in [0.25, 0.3) is 0 Å². The monoisotopic (exact) mass is 330 g/mol. The molecular weight excluding hydrogens is 306 g/mol. The Bertz CT molecular complexity index is 635. The van der Waals surface area contributed by atoms with Crippen molar-refractivity contribution in [1.82, 2.24) is 9.88 Å². The summed E-state index contributed by atoms with van der Waals surface area (Å²) in [5.41, 5.74) is 5.59. The molecule has 0 bridgehead atoms. The van der Waals surface area contributed by atoms with Crippen LogP contribution in [0, 0.1) is 12.0 Å². The molecular formula is C17H24N5O2. The Morgan fingerprint density at radius 3 is 2.88 bits per heavy atom. The number of piperazine rings is 1. The van der Waals surface area contributed by atoms with Gasteiger partial charge in [-0.1, -0.05) is 6.92 Å². The third-order valence-electron chi connectivity index (χ3n) is 4.91. The molecule has 7 nitrogen and oxygen atoms in total. The third-order valence-corrected chi connectivity index (χ3v) is 4.91. The molecule has 3 rings (SSSR count). The summed E-state index contributed by atoms with van der Waals surface area (Å²) in [5.74, 6) is 1.61. The number of anilines is 2. The summed E-state index contributed by atoms with van der Waals surface area (Å²) in [7, 11) is 1.81. The molecule has 2 amide bonds. The Labute approximate surface area is 142 Å². The van der Waals surface area contributed by atoms with Crippen molar-refractivity contribution in [1.29, 1.82) is 0 Å². The number of aromatic nitrogens is 1. The summed E-state index contributed by atoms with van der Waals surface area (Å²) >= 11 is 0. The predicted molar refractivity (Wildman–Crippen MR) is 91.6 cm³/mol. The predicted octanol–water partition coefficient (Wildman–Crippen LogP) is 0.250. The van der Waals surface area contributed by atoms with Crippen LogP contribution < -0.4 is 15.5 Å². The first-order valence-corrected chi connectivity index (χ1v) is 8.39. The second-order valence-corrected chi connectivity index (χ2v) is 6.75. The van der Waals surface area contributed by atoms with Crippen LogP contribution in [0.25, 0.3) is 0 Å². The molecule has 0 saturated carbocycles. The van der Waals surface area contributed by atoms with Gasteiger partial charge in [-0.05, 0) is 30.9 Å². The quantitative estimate of drug-likeness (QED) is 0.859. The molecule has 2 N–H and O–H groups in total. The molecule has 3 heterocycles. The number of nitrogens with two attached hydrogens (primary N) is 1. The van der Waals surface area contributed by atoms with E-state index in [0.29, 0.717) is 24.8 Å². The van der Waals surface area contributed by atoms with Crippen molar-refractivity contribution in [2.45, 2.75) is 25.8 Å². The topological polar surface area (TPSA) is 82.8 Å². The van der Waals surface area contributed by atoms with Gasteiger partial charge in [0, 0.05) is 32.7 Å². The summed E-state index contributed by atoms with van der Waals surface area (Å²) in [5, 5.41) is 0. The van der Waals surface area contributed by atoms with E-state index in [1.807, 2.05) is 22.9 Å². The van der Waals surface area contributed by atoms with Crippen molar-refractivity contribution < 1.29 is 9.59 Å². The van der Waals surface area contributed by atoms with Crippen molar-refractivity contribution in [3.05, 3.63) is 18.2 Å². The van der Waals surface area contributed by atoms with Crippen molar-refractivity contribution in [2.24, 2.45) is 11.7 Å². The molecule has 0 spiro atoms. The average Bonchev–Trinajstić information content (AvgIpc) is 2.57. The third kappa shape index (κ3) is 3.29. The van der Waals surface area contributed by atoms with Gasteiger partial charge in [0.1, 0.15) is 17.7 Å². The van der Waals surface area contributed by atoms with E-state index in [2.05, 4.69) is 18.0 Å². The summed E-state index contributed by atoms with van der Waals surface area (Å²) in [6.45, 7) is 4.62. The first kappa shape index (κ1) is 16.5. The fraction of sp³-hybridized carbons (Fsp3) is 0.588. The standard InChI is InChI=1S/C17H24N5O2/c1-12-6-7-22(13(10-12)17(18)24)15-5-3-4-14(19-15)21-9-8-20(2)16(23)11-21/h3-4,12-13H,6-11H2,1-2H3,(H2,18,24). The van der Waals surface area contributed by atoms with Crippen LogP contribution in [0.3, 0.4) is 0 Å². The lowest BCUT2D eigenvalue weighted by Gasteiger charge is -2.38. The van der Waals surface area contributed by atoms with Crippen LogP contribution in [0.2, 0.25) is 0 Å². The molecule has 129 valence electrons. The van der Waals surface area contributed by atoms with E-state index < -0.39 is 0 Å². The Kier molecular flexibility index (Phi) is 4.59. The van der Waals surface area contributed by atoms with E-state index in [9.17, 15) is 9.59 Å². The Morgan fingerprint density at radius 2 is 2.17 bits per heavy atom. The number of carbonyl (C=O) groups is 2. The summed E-state index contributed by atoms with van der Waals surface area (Å²) in [4.78, 5) is 34.0. The number of nitrogens with zero attached hydrogens (tertiary/aromatic N) is 4. The molecule has 0 aliphatic carbocycles. The van der Waals surface area contributed by atoms with Gasteiger partial charge in [0.05, 0.1) is 6.54 Å². The SMILES string of the molecule is CC1CCN(c2[c]ccc(N3CCN(C)C(=O)C3)n2)C(C(N)=O)C1. The molecule has 2 atom stereocenters. The maximum atomic E-state index is 11.9. The van der Waals surface area contributed by atoms with Gasteiger partial charge in [-0.25, -0.2) is 4.98 Å². The fourth-order valence-electron chi connectivity index (χ4n) is 3.31. The van der Waals surface area contributed by atoms with Crippen LogP contribution in [0.5, 0.6) is 0 Å². The second-order valence-electron chi connectivity index (χ2n) is 6.75. The number of pyridine rings is 1. The Hall–Kier alpha value is -2.31. The molecule has 1 radical (unpaired) electrons. The lowest BCUT2D eigenvalue weighted by Crippen LogP contribution is -2.50. The zero-order valence-corrected chi connectivity index (χ0v) is 14.2. The van der Waals surface area contributed by atoms with Gasteiger partial charge in [0.2, 0.25) is 11.8 Å². The van der Waals surface area contributed by atoms with E-state index in [1.165, 1.54) is 0 Å². The Morgan fingerprint density at radius 1 is 1.38 bits per heavy atom. The smallest absolute Gasteiger partial charge is 0.241 e. The lowest BCUT2D eigenvalue weighted by atomic mass is 9.92. The van der Waals surface area contributed by atoms with Gasteiger partial charge in [-0.2, -0.15) is 0 Å².